The molecule has 0 aliphatic heterocycles. The fourth-order valence-electron chi connectivity index (χ4n) is 1.62. The summed E-state index contributed by atoms with van der Waals surface area (Å²) in [6.07, 6.45) is 3.32. The van der Waals surface area contributed by atoms with Gasteiger partial charge in [-0.05, 0) is 12.1 Å². The first-order valence-corrected chi connectivity index (χ1v) is 5.78. The number of rotatable bonds is 5. The van der Waals surface area contributed by atoms with E-state index in [0.29, 0.717) is 18.9 Å². The number of carboxylic acids is 1. The molecule has 2 rings (SSSR count). The molecule has 19 heavy (non-hydrogen) atoms. The van der Waals surface area contributed by atoms with Crippen molar-refractivity contribution in [2.75, 3.05) is 6.61 Å². The zero-order chi connectivity index (χ0) is 13.7. The molecule has 5 nitrogen and oxygen atoms in total. The lowest BCUT2D eigenvalue weighted by atomic mass is 10.2. The summed E-state index contributed by atoms with van der Waals surface area (Å²) in [5.74, 6) is -0.671. The van der Waals surface area contributed by atoms with Crippen molar-refractivity contribution in [1.29, 1.82) is 0 Å². The average Bonchev–Trinajstić information content (AvgIpc) is 2.41. The molecule has 1 N–H and O–H groups in total. The predicted octanol–water partition coefficient (Wildman–Crippen LogP) is 1.63. The van der Waals surface area contributed by atoms with Crippen LogP contribution in [-0.4, -0.2) is 22.2 Å². The summed E-state index contributed by atoms with van der Waals surface area (Å²) < 4.78 is 7.25. The van der Waals surface area contributed by atoms with E-state index < -0.39 is 5.97 Å². The Hall–Kier alpha value is -2.56. The second kappa shape index (κ2) is 5.86. The Morgan fingerprint density at radius 1 is 1.16 bits per heavy atom. The molecule has 0 unspecified atom stereocenters. The Balaban J connectivity index is 1.98. The number of benzene rings is 1. The third-order valence-corrected chi connectivity index (χ3v) is 2.59. The zero-order valence-electron chi connectivity index (χ0n) is 10.2. The van der Waals surface area contributed by atoms with Crippen molar-refractivity contribution in [2.24, 2.45) is 0 Å². The predicted molar refractivity (Wildman–Crippen MR) is 69.6 cm³/mol. The van der Waals surface area contributed by atoms with E-state index in [1.165, 1.54) is 18.2 Å². The van der Waals surface area contributed by atoms with Crippen LogP contribution in [0.3, 0.4) is 0 Å². The molecule has 0 fully saturated rings. The Bertz CT molecular complexity index is 613. The van der Waals surface area contributed by atoms with Crippen LogP contribution in [0.25, 0.3) is 0 Å². The van der Waals surface area contributed by atoms with Crippen molar-refractivity contribution in [3.05, 3.63) is 64.6 Å². The van der Waals surface area contributed by atoms with Gasteiger partial charge in [0.25, 0.3) is 0 Å². The van der Waals surface area contributed by atoms with Gasteiger partial charge in [0.15, 0.2) is 5.43 Å². The van der Waals surface area contributed by atoms with Crippen molar-refractivity contribution in [2.45, 2.75) is 6.54 Å². The molecule has 0 saturated carbocycles. The largest absolute Gasteiger partial charge is 0.491 e. The Kier molecular flexibility index (Phi) is 3.97. The summed E-state index contributed by atoms with van der Waals surface area (Å²) >= 11 is 0. The first-order chi connectivity index (χ1) is 9.16. The molecule has 1 heterocycles. The van der Waals surface area contributed by atoms with Crippen LogP contribution in [0.15, 0.2) is 53.6 Å². The molecular weight excluding hydrogens is 246 g/mol. The summed E-state index contributed by atoms with van der Waals surface area (Å²) in [7, 11) is 0. The first kappa shape index (κ1) is 12.9. The second-order valence-corrected chi connectivity index (χ2v) is 3.92. The van der Waals surface area contributed by atoms with E-state index >= 15 is 0 Å². The van der Waals surface area contributed by atoms with Crippen LogP contribution in [0.2, 0.25) is 0 Å². The highest BCUT2D eigenvalue weighted by Crippen LogP contribution is 2.17. The first-order valence-electron chi connectivity index (χ1n) is 5.78. The maximum absolute atomic E-state index is 11.0. The third-order valence-electron chi connectivity index (χ3n) is 2.59. The molecule has 0 aliphatic rings. The van der Waals surface area contributed by atoms with Gasteiger partial charge in [0.1, 0.15) is 17.9 Å². The summed E-state index contributed by atoms with van der Waals surface area (Å²) in [4.78, 5) is 21.9. The minimum absolute atomic E-state index is 0.0478. The van der Waals surface area contributed by atoms with Gasteiger partial charge in [0.2, 0.25) is 0 Å². The van der Waals surface area contributed by atoms with Crippen LogP contribution in [0.4, 0.5) is 0 Å². The smallest absolute Gasteiger partial charge is 0.339 e. The van der Waals surface area contributed by atoms with Crippen LogP contribution in [0.5, 0.6) is 5.75 Å². The topological polar surface area (TPSA) is 68.5 Å². The lowest BCUT2D eigenvalue weighted by molar-refractivity contribution is 0.0692. The quantitative estimate of drug-likeness (QED) is 0.886. The lowest BCUT2D eigenvalue weighted by Gasteiger charge is -2.10. The monoisotopic (exact) mass is 259 g/mol. The fraction of sp³-hybridized carbons (Fsp3) is 0.143. The van der Waals surface area contributed by atoms with Crippen molar-refractivity contribution in [3.63, 3.8) is 0 Å². The number of hydrogen-bond donors (Lipinski definition) is 1. The maximum atomic E-state index is 11.0. The molecule has 0 saturated heterocycles. The van der Waals surface area contributed by atoms with Gasteiger partial charge in [0, 0.05) is 24.5 Å². The van der Waals surface area contributed by atoms with Crippen molar-refractivity contribution in [3.8, 4) is 5.75 Å². The van der Waals surface area contributed by atoms with Crippen LogP contribution in [0, 0.1) is 0 Å². The summed E-state index contributed by atoms with van der Waals surface area (Å²) in [5.41, 5.74) is 0.0933. The van der Waals surface area contributed by atoms with Crippen LogP contribution >= 0.6 is 0 Å². The standard InChI is InChI=1S/C14H13NO4/c16-11-5-7-15(8-6-11)9-10-19-13-4-2-1-3-12(13)14(17)18/h1-8H,9-10H2,(H,17,18). The third kappa shape index (κ3) is 3.45. The molecule has 1 aromatic carbocycles. The molecule has 0 spiro atoms. The van der Waals surface area contributed by atoms with Gasteiger partial charge in [-0.2, -0.15) is 0 Å². The molecule has 0 bridgehead atoms. The van der Waals surface area contributed by atoms with Gasteiger partial charge in [0.05, 0.1) is 6.54 Å². The normalized spacial score (nSPS) is 10.1. The van der Waals surface area contributed by atoms with Gasteiger partial charge in [-0.3, -0.25) is 4.79 Å². The number of ether oxygens (including phenoxy) is 1. The van der Waals surface area contributed by atoms with Crippen molar-refractivity contribution >= 4 is 5.97 Å². The van der Waals surface area contributed by atoms with E-state index in [4.69, 9.17) is 9.84 Å². The highest BCUT2D eigenvalue weighted by Gasteiger charge is 2.09. The van der Waals surface area contributed by atoms with Crippen molar-refractivity contribution in [1.82, 2.24) is 4.57 Å². The SMILES string of the molecule is O=C(O)c1ccccc1OCCn1ccc(=O)cc1. The van der Waals surface area contributed by atoms with E-state index in [-0.39, 0.29) is 11.0 Å². The van der Waals surface area contributed by atoms with Gasteiger partial charge in [-0.15, -0.1) is 0 Å². The number of carboxylic acid groups (broad SMARTS) is 1. The Labute approximate surface area is 109 Å². The number of pyridine rings is 1. The highest BCUT2D eigenvalue weighted by atomic mass is 16.5. The molecule has 1 aromatic heterocycles. The maximum Gasteiger partial charge on any atom is 0.339 e. The zero-order valence-corrected chi connectivity index (χ0v) is 10.2. The van der Waals surface area contributed by atoms with E-state index in [0.717, 1.165) is 0 Å². The minimum Gasteiger partial charge on any atom is -0.491 e. The second-order valence-electron chi connectivity index (χ2n) is 3.92. The fourth-order valence-corrected chi connectivity index (χ4v) is 1.62. The molecule has 2 aromatic rings. The Morgan fingerprint density at radius 3 is 2.53 bits per heavy atom. The van der Waals surface area contributed by atoms with E-state index in [1.54, 1.807) is 35.2 Å². The molecule has 98 valence electrons. The molecule has 5 heteroatoms. The number of aromatic carboxylic acids is 1. The number of para-hydroxylation sites is 1. The molecule has 0 atom stereocenters. The molecule has 0 aliphatic carbocycles. The molecule has 0 amide bonds. The van der Waals surface area contributed by atoms with Crippen LogP contribution < -0.4 is 10.2 Å². The average molecular weight is 259 g/mol. The Morgan fingerprint density at radius 2 is 1.84 bits per heavy atom. The van der Waals surface area contributed by atoms with E-state index in [9.17, 15) is 9.59 Å². The number of nitrogens with zero attached hydrogens (tertiary/aromatic N) is 1. The van der Waals surface area contributed by atoms with Gasteiger partial charge in [-0.25, -0.2) is 4.79 Å². The minimum atomic E-state index is -1.01. The molecule has 0 radical (unpaired) electrons. The summed E-state index contributed by atoms with van der Waals surface area (Å²) in [5, 5.41) is 8.99. The highest BCUT2D eigenvalue weighted by molar-refractivity contribution is 5.90. The summed E-state index contributed by atoms with van der Waals surface area (Å²) in [6, 6.07) is 9.42. The number of carbonyl (C=O) groups is 1. The number of aromatic nitrogens is 1. The van der Waals surface area contributed by atoms with E-state index in [2.05, 4.69) is 0 Å². The van der Waals surface area contributed by atoms with Crippen LogP contribution in [-0.2, 0) is 6.54 Å². The van der Waals surface area contributed by atoms with Crippen molar-refractivity contribution < 1.29 is 14.6 Å². The van der Waals surface area contributed by atoms with Gasteiger partial charge < -0.3 is 14.4 Å². The number of hydrogen-bond acceptors (Lipinski definition) is 3. The lowest BCUT2D eigenvalue weighted by Crippen LogP contribution is -2.11. The van der Waals surface area contributed by atoms with Gasteiger partial charge in [-0.1, -0.05) is 12.1 Å². The van der Waals surface area contributed by atoms with Crippen LogP contribution in [0.1, 0.15) is 10.4 Å². The van der Waals surface area contributed by atoms with Gasteiger partial charge >= 0.3 is 5.97 Å². The summed E-state index contributed by atoms with van der Waals surface area (Å²) in [6.45, 7) is 0.862. The van der Waals surface area contributed by atoms with E-state index in [1.807, 2.05) is 0 Å². The molecular formula is C14H13NO4.